The maximum atomic E-state index is 14.3. The molecule has 244 valence electrons. The van der Waals surface area contributed by atoms with Crippen molar-refractivity contribution in [3.63, 3.8) is 0 Å². The highest BCUT2D eigenvalue weighted by Crippen LogP contribution is 2.22. The molecule has 0 bridgehead atoms. The zero-order valence-electron chi connectivity index (χ0n) is 26.4. The van der Waals surface area contributed by atoms with E-state index in [1.807, 2.05) is 0 Å². The number of ether oxygens (including phenoxy) is 2. The summed E-state index contributed by atoms with van der Waals surface area (Å²) in [6.45, 7) is 15.0. The summed E-state index contributed by atoms with van der Waals surface area (Å²) in [7, 11) is 0. The topological polar surface area (TPSA) is 119 Å². The van der Waals surface area contributed by atoms with Gasteiger partial charge in [-0.1, -0.05) is 48.6 Å². The lowest BCUT2D eigenvalue weighted by Gasteiger charge is -2.33. The third-order valence-electron chi connectivity index (χ3n) is 6.54. The molecule has 0 aliphatic carbocycles. The summed E-state index contributed by atoms with van der Waals surface area (Å²) in [5.74, 6) is -4.03. The number of hydrogen-bond acceptors (Lipinski definition) is 6. The van der Waals surface area contributed by atoms with Crippen LogP contribution in [0.1, 0.15) is 66.6 Å². The standard InChI is InChI=1S/C34H38F2N4O6/c1-8-21(3)38-32(43)28-30(45-20-23-13-11-10-12-14-23)29(41)26(31(42)37-18-24-15-16-25(35)17-27(24)36)19-39(28)40(22(4)9-2)33(44)46-34(5,6)7/h8-17,19,21-22H,1-2,18,20H2,3-7H3,(H,37,42)(H,38,43)/t21-,22?/m0/s1. The SMILES string of the molecule is C=CC(C)N(C(=O)OC(C)(C)C)n1cc(C(=O)NCc2ccc(F)cc2F)c(=O)c(OCc2ccccc2)c1C(=O)N[C@@H](C)C=C. The molecule has 0 radical (unpaired) electrons. The molecular weight excluding hydrogens is 598 g/mol. The van der Waals surface area contributed by atoms with Gasteiger partial charge < -0.3 is 20.1 Å². The van der Waals surface area contributed by atoms with Gasteiger partial charge >= 0.3 is 6.09 Å². The summed E-state index contributed by atoms with van der Waals surface area (Å²) < 4.78 is 40.3. The highest BCUT2D eigenvalue weighted by Gasteiger charge is 2.34. The van der Waals surface area contributed by atoms with Crippen LogP contribution in [0.5, 0.6) is 5.75 Å². The van der Waals surface area contributed by atoms with Gasteiger partial charge in [-0.15, -0.1) is 13.2 Å². The van der Waals surface area contributed by atoms with Crippen LogP contribution in [0.4, 0.5) is 13.6 Å². The molecule has 3 amide bonds. The van der Waals surface area contributed by atoms with Gasteiger partial charge in [-0.3, -0.25) is 14.4 Å². The van der Waals surface area contributed by atoms with Crippen LogP contribution >= 0.6 is 0 Å². The van der Waals surface area contributed by atoms with E-state index in [4.69, 9.17) is 9.47 Å². The molecule has 1 aromatic heterocycles. The number of halogens is 2. The molecule has 2 aromatic carbocycles. The summed E-state index contributed by atoms with van der Waals surface area (Å²) in [4.78, 5) is 55.0. The Balaban J connectivity index is 2.28. The van der Waals surface area contributed by atoms with Gasteiger partial charge in [-0.25, -0.2) is 23.3 Å². The van der Waals surface area contributed by atoms with Gasteiger partial charge in [0.2, 0.25) is 5.43 Å². The minimum atomic E-state index is -0.978. The smallest absolute Gasteiger partial charge is 0.430 e. The van der Waals surface area contributed by atoms with E-state index in [9.17, 15) is 28.0 Å². The van der Waals surface area contributed by atoms with Crippen LogP contribution in [-0.2, 0) is 17.9 Å². The third kappa shape index (κ3) is 8.90. The molecule has 1 heterocycles. The molecule has 0 spiro atoms. The van der Waals surface area contributed by atoms with Crippen molar-refractivity contribution in [3.8, 4) is 5.75 Å². The van der Waals surface area contributed by atoms with Gasteiger partial charge in [-0.05, 0) is 46.2 Å². The zero-order valence-corrected chi connectivity index (χ0v) is 26.4. The highest BCUT2D eigenvalue weighted by molar-refractivity contribution is 5.99. The number of carbonyl (C=O) groups is 3. The molecule has 2 atom stereocenters. The summed E-state index contributed by atoms with van der Waals surface area (Å²) >= 11 is 0. The number of benzene rings is 2. The molecule has 2 N–H and O–H groups in total. The van der Waals surface area contributed by atoms with Gasteiger partial charge in [0.05, 0.1) is 6.04 Å². The predicted molar refractivity (Wildman–Crippen MR) is 170 cm³/mol. The van der Waals surface area contributed by atoms with Gasteiger partial charge in [-0.2, -0.15) is 0 Å². The molecule has 1 unspecified atom stereocenters. The average Bonchev–Trinajstić information content (AvgIpc) is 2.99. The number of nitrogens with zero attached hydrogens (tertiary/aromatic N) is 2. The summed E-state index contributed by atoms with van der Waals surface area (Å²) in [6.07, 6.45) is 2.94. The second kappa shape index (κ2) is 15.2. The highest BCUT2D eigenvalue weighted by atomic mass is 19.1. The monoisotopic (exact) mass is 636 g/mol. The molecule has 0 saturated carbocycles. The van der Waals surface area contributed by atoms with E-state index in [0.29, 0.717) is 11.6 Å². The molecular formula is C34H38F2N4O6. The number of carbonyl (C=O) groups excluding carboxylic acids is 3. The first-order valence-electron chi connectivity index (χ1n) is 14.4. The van der Waals surface area contributed by atoms with Crippen LogP contribution < -0.4 is 25.8 Å². The number of hydrogen-bond donors (Lipinski definition) is 2. The zero-order chi connectivity index (χ0) is 34.2. The van der Waals surface area contributed by atoms with Crippen LogP contribution in [0.15, 0.2) is 84.8 Å². The fourth-order valence-corrected chi connectivity index (χ4v) is 4.11. The van der Waals surface area contributed by atoms with Crippen molar-refractivity contribution in [1.29, 1.82) is 0 Å². The van der Waals surface area contributed by atoms with Crippen LogP contribution in [0.25, 0.3) is 0 Å². The fourth-order valence-electron chi connectivity index (χ4n) is 4.11. The lowest BCUT2D eigenvalue weighted by atomic mass is 10.1. The van der Waals surface area contributed by atoms with Gasteiger partial charge in [0, 0.05) is 30.4 Å². The van der Waals surface area contributed by atoms with Crippen LogP contribution in [0.3, 0.4) is 0 Å². The molecule has 0 aliphatic rings. The average molecular weight is 637 g/mol. The summed E-state index contributed by atoms with van der Waals surface area (Å²) in [6, 6.07) is 10.2. The Morgan fingerprint density at radius 2 is 1.70 bits per heavy atom. The van der Waals surface area contributed by atoms with Crippen molar-refractivity contribution in [2.24, 2.45) is 0 Å². The molecule has 10 nitrogen and oxygen atoms in total. The van der Waals surface area contributed by atoms with E-state index in [1.165, 1.54) is 12.2 Å². The van der Waals surface area contributed by atoms with Gasteiger partial charge in [0.1, 0.15) is 29.4 Å². The quantitative estimate of drug-likeness (QED) is 0.258. The Morgan fingerprint density at radius 1 is 1.02 bits per heavy atom. The molecule has 3 rings (SSSR count). The van der Waals surface area contributed by atoms with Gasteiger partial charge in [0.15, 0.2) is 11.4 Å². The number of amides is 3. The van der Waals surface area contributed by atoms with Crippen LogP contribution in [0.2, 0.25) is 0 Å². The van der Waals surface area contributed by atoms with E-state index < -0.39 is 76.2 Å². The maximum absolute atomic E-state index is 14.3. The van der Waals surface area contributed by atoms with Crippen molar-refractivity contribution < 1.29 is 32.6 Å². The maximum Gasteiger partial charge on any atom is 0.430 e. The second-order valence-electron chi connectivity index (χ2n) is 11.4. The summed E-state index contributed by atoms with van der Waals surface area (Å²) in [5.41, 5.74) is -2.29. The Bertz CT molecular complexity index is 1670. The van der Waals surface area contributed by atoms with Crippen LogP contribution in [0, 0.1) is 11.6 Å². The van der Waals surface area contributed by atoms with E-state index in [2.05, 4.69) is 23.8 Å². The van der Waals surface area contributed by atoms with E-state index in [0.717, 1.165) is 28.0 Å². The Labute approximate surface area is 266 Å². The Morgan fingerprint density at radius 3 is 2.28 bits per heavy atom. The molecule has 0 fully saturated rings. The predicted octanol–water partition coefficient (Wildman–Crippen LogP) is 5.39. The number of pyridine rings is 1. The van der Waals surface area contributed by atoms with E-state index >= 15 is 0 Å². The largest absolute Gasteiger partial charge is 0.482 e. The third-order valence-corrected chi connectivity index (χ3v) is 6.54. The molecule has 0 saturated heterocycles. The molecule has 46 heavy (non-hydrogen) atoms. The van der Waals surface area contributed by atoms with Crippen molar-refractivity contribution in [2.75, 3.05) is 5.01 Å². The van der Waals surface area contributed by atoms with Crippen molar-refractivity contribution >= 4 is 17.9 Å². The van der Waals surface area contributed by atoms with Gasteiger partial charge in [0.25, 0.3) is 11.8 Å². The first-order chi connectivity index (χ1) is 21.7. The second-order valence-corrected chi connectivity index (χ2v) is 11.4. The first-order valence-corrected chi connectivity index (χ1v) is 14.4. The minimum Gasteiger partial charge on any atom is -0.482 e. The van der Waals surface area contributed by atoms with Crippen molar-refractivity contribution in [2.45, 2.75) is 65.5 Å². The Kier molecular flexibility index (Phi) is 11.6. The lowest BCUT2D eigenvalue weighted by molar-refractivity contribution is 0.0525. The lowest BCUT2D eigenvalue weighted by Crippen LogP contribution is -2.51. The van der Waals surface area contributed by atoms with Crippen molar-refractivity contribution in [1.82, 2.24) is 15.3 Å². The number of aromatic nitrogens is 1. The van der Waals surface area contributed by atoms with E-state index in [-0.39, 0.29) is 12.2 Å². The Hall–Kier alpha value is -5.26. The number of rotatable bonds is 12. The normalized spacial score (nSPS) is 12.3. The summed E-state index contributed by atoms with van der Waals surface area (Å²) in [5, 5.41) is 6.14. The fraction of sp³-hybridized carbons (Fsp3) is 0.294. The minimum absolute atomic E-state index is 0.0410. The van der Waals surface area contributed by atoms with Crippen molar-refractivity contribution in [3.05, 3.63) is 124 Å². The molecule has 12 heteroatoms. The molecule has 3 aromatic rings. The van der Waals surface area contributed by atoms with E-state index in [1.54, 1.807) is 65.0 Å². The van der Waals surface area contributed by atoms with Crippen LogP contribution in [-0.4, -0.2) is 40.3 Å². The first kappa shape index (κ1) is 35.2. The molecule has 0 aliphatic heterocycles. The number of nitrogens with one attached hydrogen (secondary N) is 2.